The molecule has 3 nitrogen and oxygen atoms in total. The van der Waals surface area contributed by atoms with E-state index in [0.717, 1.165) is 0 Å². The lowest BCUT2D eigenvalue weighted by Crippen LogP contribution is -2.16. The Morgan fingerprint density at radius 1 is 1.62 bits per heavy atom. The fourth-order valence-corrected chi connectivity index (χ4v) is 1.06. The number of rotatable bonds is 3. The van der Waals surface area contributed by atoms with E-state index < -0.39 is 11.7 Å². The van der Waals surface area contributed by atoms with Crippen LogP contribution in [0.25, 0.3) is 0 Å². The van der Waals surface area contributed by atoms with Gasteiger partial charge in [0.2, 0.25) is 0 Å². The van der Waals surface area contributed by atoms with Gasteiger partial charge in [0, 0.05) is 6.54 Å². The molecule has 1 radical (unpaired) electrons. The van der Waals surface area contributed by atoms with Crippen molar-refractivity contribution in [2.75, 3.05) is 6.54 Å². The van der Waals surface area contributed by atoms with Crippen molar-refractivity contribution in [1.82, 2.24) is 5.32 Å². The molecule has 1 aromatic carbocycles. The number of amides is 1. The summed E-state index contributed by atoms with van der Waals surface area (Å²) in [5.74, 6) is -1.41. The van der Waals surface area contributed by atoms with Crippen LogP contribution < -0.4 is 11.1 Å². The second kappa shape index (κ2) is 3.89. The zero-order valence-electron chi connectivity index (χ0n) is 7.25. The van der Waals surface area contributed by atoms with Gasteiger partial charge >= 0.3 is 0 Å². The number of carbonyl (C=O) groups excluding carboxylic acids is 1. The molecule has 0 saturated carbocycles. The zero-order valence-corrected chi connectivity index (χ0v) is 7.25. The highest BCUT2D eigenvalue weighted by atomic mass is 19.1. The summed E-state index contributed by atoms with van der Waals surface area (Å²) < 4.78 is 13.1. The van der Waals surface area contributed by atoms with Crippen molar-refractivity contribution in [2.45, 2.75) is 6.92 Å². The minimum atomic E-state index is -0.787. The number of carbonyl (C=O) groups is 1. The van der Waals surface area contributed by atoms with Crippen LogP contribution in [0.1, 0.15) is 17.3 Å². The van der Waals surface area contributed by atoms with Crippen LogP contribution in [0.4, 0.5) is 10.1 Å². The third-order valence-electron chi connectivity index (χ3n) is 1.57. The molecule has 13 heavy (non-hydrogen) atoms. The van der Waals surface area contributed by atoms with Crippen LogP contribution in [0.3, 0.4) is 0 Å². The number of hydrogen-bond acceptors (Lipinski definition) is 1. The summed E-state index contributed by atoms with van der Waals surface area (Å²) in [4.78, 5) is 10.8. The summed E-state index contributed by atoms with van der Waals surface area (Å²) in [6, 6.07) is 4.25. The first-order valence-corrected chi connectivity index (χ1v) is 3.92. The van der Waals surface area contributed by atoms with Gasteiger partial charge in [-0.25, -0.2) is 4.39 Å². The summed E-state index contributed by atoms with van der Waals surface area (Å²) >= 11 is 0. The van der Waals surface area contributed by atoms with Crippen LogP contribution >= 0.6 is 0 Å². The van der Waals surface area contributed by atoms with E-state index in [4.69, 9.17) is 5.73 Å². The fraction of sp³-hybridized carbons (Fsp3) is 0.222. The lowest BCUT2D eigenvalue weighted by atomic mass is 10.1. The SMILES string of the molecule is CC[N]c1cccc(F)c1C(N)=O. The summed E-state index contributed by atoms with van der Waals surface area (Å²) in [7, 11) is 0. The highest BCUT2D eigenvalue weighted by molar-refractivity contribution is 5.97. The molecule has 0 heterocycles. The normalized spacial score (nSPS) is 9.69. The monoisotopic (exact) mass is 181 g/mol. The Labute approximate surface area is 75.7 Å². The maximum Gasteiger partial charge on any atom is 0.253 e. The number of benzene rings is 1. The second-order valence-corrected chi connectivity index (χ2v) is 2.47. The van der Waals surface area contributed by atoms with Gasteiger partial charge in [-0.2, -0.15) is 0 Å². The molecule has 0 atom stereocenters. The Morgan fingerprint density at radius 2 is 2.31 bits per heavy atom. The van der Waals surface area contributed by atoms with Crippen LogP contribution in [0, 0.1) is 5.82 Å². The number of halogens is 1. The number of hydrogen-bond donors (Lipinski definition) is 1. The van der Waals surface area contributed by atoms with Crippen molar-refractivity contribution in [3.8, 4) is 0 Å². The van der Waals surface area contributed by atoms with E-state index in [0.29, 0.717) is 12.2 Å². The van der Waals surface area contributed by atoms with Gasteiger partial charge in [-0.1, -0.05) is 6.07 Å². The Balaban J connectivity index is 3.17. The molecule has 1 aromatic rings. The molecule has 0 aromatic heterocycles. The quantitative estimate of drug-likeness (QED) is 0.747. The van der Waals surface area contributed by atoms with E-state index >= 15 is 0 Å². The molecule has 0 fully saturated rings. The van der Waals surface area contributed by atoms with Crippen LogP contribution in [-0.4, -0.2) is 12.5 Å². The third kappa shape index (κ3) is 1.96. The molecule has 0 aliphatic rings. The van der Waals surface area contributed by atoms with E-state index in [1.165, 1.54) is 12.1 Å². The molecule has 0 aliphatic heterocycles. The van der Waals surface area contributed by atoms with Gasteiger partial charge < -0.3 is 5.73 Å². The molecule has 0 aliphatic carbocycles. The van der Waals surface area contributed by atoms with Crippen molar-refractivity contribution in [3.05, 3.63) is 29.6 Å². The second-order valence-electron chi connectivity index (χ2n) is 2.47. The Kier molecular flexibility index (Phi) is 2.84. The van der Waals surface area contributed by atoms with Gasteiger partial charge in [-0.15, -0.1) is 0 Å². The van der Waals surface area contributed by atoms with Gasteiger partial charge in [0.25, 0.3) is 5.91 Å². The summed E-state index contributed by atoms with van der Waals surface area (Å²) in [6.07, 6.45) is 0. The highest BCUT2D eigenvalue weighted by Crippen LogP contribution is 2.17. The molecular weight excluding hydrogens is 171 g/mol. The average molecular weight is 181 g/mol. The van der Waals surface area contributed by atoms with Crippen molar-refractivity contribution >= 4 is 11.6 Å². The highest BCUT2D eigenvalue weighted by Gasteiger charge is 2.13. The molecule has 69 valence electrons. The summed E-state index contributed by atoms with van der Waals surface area (Å²) in [5, 5.41) is 3.95. The van der Waals surface area contributed by atoms with E-state index in [1.54, 1.807) is 13.0 Å². The maximum absolute atomic E-state index is 13.1. The van der Waals surface area contributed by atoms with Gasteiger partial charge in [0.1, 0.15) is 5.82 Å². The first-order valence-electron chi connectivity index (χ1n) is 3.92. The predicted octanol–water partition coefficient (Wildman–Crippen LogP) is 1.18. The summed E-state index contributed by atoms with van der Waals surface area (Å²) in [6.45, 7) is 2.29. The first-order chi connectivity index (χ1) is 6.16. The number of primary amides is 1. The molecule has 1 amide bonds. The molecule has 2 N–H and O–H groups in total. The van der Waals surface area contributed by atoms with Crippen LogP contribution in [0.5, 0.6) is 0 Å². The largest absolute Gasteiger partial charge is 0.365 e. The standard InChI is InChI=1S/C9H10FN2O/c1-2-12-7-5-3-4-6(10)8(7)9(11)13/h3-5H,2H2,1H3,(H2,11,13). The van der Waals surface area contributed by atoms with Crippen molar-refractivity contribution in [1.29, 1.82) is 0 Å². The molecule has 1 rings (SSSR count). The Bertz CT molecular complexity index is 325. The molecular formula is C9H10FN2O. The minimum Gasteiger partial charge on any atom is -0.365 e. The number of nitrogens with zero attached hydrogens (tertiary/aromatic N) is 1. The smallest absolute Gasteiger partial charge is 0.253 e. The number of nitrogens with two attached hydrogens (primary N) is 1. The van der Waals surface area contributed by atoms with E-state index in [9.17, 15) is 9.18 Å². The Morgan fingerprint density at radius 3 is 2.85 bits per heavy atom. The van der Waals surface area contributed by atoms with Gasteiger partial charge in [0.05, 0.1) is 11.3 Å². The van der Waals surface area contributed by atoms with Crippen LogP contribution in [-0.2, 0) is 0 Å². The van der Waals surface area contributed by atoms with Crippen molar-refractivity contribution in [2.24, 2.45) is 5.73 Å². The molecule has 0 saturated heterocycles. The van der Waals surface area contributed by atoms with Crippen LogP contribution in [0.15, 0.2) is 18.2 Å². The van der Waals surface area contributed by atoms with Crippen molar-refractivity contribution < 1.29 is 9.18 Å². The van der Waals surface area contributed by atoms with Gasteiger partial charge in [-0.3, -0.25) is 10.1 Å². The van der Waals surface area contributed by atoms with Crippen molar-refractivity contribution in [3.63, 3.8) is 0 Å². The molecule has 4 heteroatoms. The van der Waals surface area contributed by atoms with Gasteiger partial charge in [0.15, 0.2) is 0 Å². The van der Waals surface area contributed by atoms with E-state index in [2.05, 4.69) is 5.32 Å². The topological polar surface area (TPSA) is 57.2 Å². The third-order valence-corrected chi connectivity index (χ3v) is 1.57. The van der Waals surface area contributed by atoms with Gasteiger partial charge in [-0.05, 0) is 19.1 Å². The average Bonchev–Trinajstić information content (AvgIpc) is 2.04. The molecule has 0 bridgehead atoms. The molecule has 0 spiro atoms. The minimum absolute atomic E-state index is 0.135. The van der Waals surface area contributed by atoms with E-state index in [-0.39, 0.29) is 5.56 Å². The van der Waals surface area contributed by atoms with E-state index in [1.807, 2.05) is 0 Å². The lowest BCUT2D eigenvalue weighted by molar-refractivity contribution is 0.0997. The predicted molar refractivity (Wildman–Crippen MR) is 47.3 cm³/mol. The fourth-order valence-electron chi connectivity index (χ4n) is 1.06. The Hall–Kier alpha value is -1.58. The zero-order chi connectivity index (χ0) is 9.84. The molecule has 0 unspecified atom stereocenters. The summed E-state index contributed by atoms with van der Waals surface area (Å²) in [5.41, 5.74) is 5.19. The van der Waals surface area contributed by atoms with Crippen LogP contribution in [0.2, 0.25) is 0 Å². The lowest BCUT2D eigenvalue weighted by Gasteiger charge is -2.05. The maximum atomic E-state index is 13.1. The first kappa shape index (κ1) is 9.51.